The van der Waals surface area contributed by atoms with E-state index in [2.05, 4.69) is 11.4 Å². The summed E-state index contributed by atoms with van der Waals surface area (Å²) in [5, 5.41) is 11.9. The molecule has 1 atom stereocenters. The molecule has 1 saturated heterocycles. The fraction of sp³-hybridized carbons (Fsp3) is 0.333. The number of nitriles is 1. The van der Waals surface area contributed by atoms with Crippen molar-refractivity contribution in [2.24, 2.45) is 5.92 Å². The number of rotatable bonds is 6. The highest BCUT2D eigenvalue weighted by Gasteiger charge is 2.35. The molecule has 9 heteroatoms. The Balaban J connectivity index is 1.74. The topological polar surface area (TPSA) is 99.5 Å². The maximum Gasteiger partial charge on any atom is 0.246 e. The molecule has 1 N–H and O–H groups in total. The van der Waals surface area contributed by atoms with Crippen LogP contribution in [-0.2, 0) is 21.2 Å². The average Bonchev–Trinajstić information content (AvgIpc) is 2.75. The van der Waals surface area contributed by atoms with Gasteiger partial charge in [-0.1, -0.05) is 23.7 Å². The van der Waals surface area contributed by atoms with E-state index >= 15 is 0 Å². The number of ether oxygens (including phenoxy) is 1. The Morgan fingerprint density at radius 1 is 1.30 bits per heavy atom. The van der Waals surface area contributed by atoms with Gasteiger partial charge >= 0.3 is 0 Å². The van der Waals surface area contributed by atoms with Crippen LogP contribution in [0.3, 0.4) is 0 Å². The lowest BCUT2D eigenvalue weighted by Crippen LogP contribution is -2.43. The number of amides is 1. The van der Waals surface area contributed by atoms with Gasteiger partial charge in [0.15, 0.2) is 0 Å². The number of anilines is 1. The van der Waals surface area contributed by atoms with E-state index in [-0.39, 0.29) is 23.1 Å². The molecule has 1 fully saturated rings. The Bertz CT molecular complexity index is 1060. The summed E-state index contributed by atoms with van der Waals surface area (Å²) < 4.78 is 32.9. The molecule has 2 aromatic rings. The van der Waals surface area contributed by atoms with Gasteiger partial charge in [-0.2, -0.15) is 9.57 Å². The van der Waals surface area contributed by atoms with Crippen LogP contribution in [0.5, 0.6) is 5.75 Å². The van der Waals surface area contributed by atoms with Gasteiger partial charge in [0.1, 0.15) is 10.6 Å². The van der Waals surface area contributed by atoms with Gasteiger partial charge in [-0.05, 0) is 48.7 Å². The number of benzene rings is 2. The monoisotopic (exact) mass is 447 g/mol. The fourth-order valence-corrected chi connectivity index (χ4v) is 5.35. The van der Waals surface area contributed by atoms with E-state index in [4.69, 9.17) is 21.6 Å². The van der Waals surface area contributed by atoms with Gasteiger partial charge in [0.05, 0.1) is 25.5 Å². The number of hydrogen-bond donors (Lipinski definition) is 1. The molecule has 1 aliphatic heterocycles. The smallest absolute Gasteiger partial charge is 0.246 e. The zero-order valence-corrected chi connectivity index (χ0v) is 18.0. The van der Waals surface area contributed by atoms with E-state index in [9.17, 15) is 13.2 Å². The molecule has 0 bridgehead atoms. The average molecular weight is 448 g/mol. The number of sulfonamides is 1. The first-order valence-electron chi connectivity index (χ1n) is 9.45. The standard InChI is InChI=1S/C21H22ClN3O4S/c1-29-19-9-6-17(22)13-20(19)30(27,28)25-12-2-3-16(14-25)21(26)24-18-7-4-15(5-8-18)10-11-23/h4-9,13,16H,2-3,10,12,14H2,1H3,(H,24,26). The van der Waals surface area contributed by atoms with Gasteiger partial charge < -0.3 is 10.1 Å². The summed E-state index contributed by atoms with van der Waals surface area (Å²) in [4.78, 5) is 12.7. The zero-order valence-electron chi connectivity index (χ0n) is 16.5. The Morgan fingerprint density at radius 3 is 2.70 bits per heavy atom. The lowest BCUT2D eigenvalue weighted by molar-refractivity contribution is -0.120. The van der Waals surface area contributed by atoms with Crippen LogP contribution < -0.4 is 10.1 Å². The van der Waals surface area contributed by atoms with Crippen molar-refractivity contribution in [3.63, 3.8) is 0 Å². The minimum Gasteiger partial charge on any atom is -0.495 e. The number of halogens is 1. The third kappa shape index (κ3) is 4.93. The third-order valence-electron chi connectivity index (χ3n) is 5.00. The van der Waals surface area contributed by atoms with E-state index in [1.807, 2.05) is 0 Å². The van der Waals surface area contributed by atoms with E-state index in [0.29, 0.717) is 36.5 Å². The molecule has 0 aromatic heterocycles. The highest BCUT2D eigenvalue weighted by molar-refractivity contribution is 7.89. The Labute approximate surface area is 181 Å². The summed E-state index contributed by atoms with van der Waals surface area (Å²) in [6.45, 7) is 0.404. The molecule has 30 heavy (non-hydrogen) atoms. The number of nitrogens with one attached hydrogen (secondary N) is 1. The van der Waals surface area contributed by atoms with Crippen LogP contribution in [0.4, 0.5) is 5.69 Å². The molecule has 1 aliphatic rings. The molecule has 3 rings (SSSR count). The highest BCUT2D eigenvalue weighted by atomic mass is 35.5. The van der Waals surface area contributed by atoms with Gasteiger partial charge in [-0.3, -0.25) is 4.79 Å². The number of nitrogens with zero attached hydrogens (tertiary/aromatic N) is 2. The van der Waals surface area contributed by atoms with Crippen LogP contribution in [0.2, 0.25) is 5.02 Å². The SMILES string of the molecule is COc1ccc(Cl)cc1S(=O)(=O)N1CCCC(C(=O)Nc2ccc(CC#N)cc2)C1. The minimum absolute atomic E-state index is 0.00774. The van der Waals surface area contributed by atoms with Crippen molar-refractivity contribution in [2.75, 3.05) is 25.5 Å². The molecule has 0 radical (unpaired) electrons. The van der Waals surface area contributed by atoms with E-state index in [1.54, 1.807) is 30.3 Å². The summed E-state index contributed by atoms with van der Waals surface area (Å²) in [5.41, 5.74) is 1.47. The van der Waals surface area contributed by atoms with Crippen molar-refractivity contribution < 1.29 is 17.9 Å². The lowest BCUT2D eigenvalue weighted by Gasteiger charge is -2.31. The van der Waals surface area contributed by atoms with Crippen LogP contribution in [0.25, 0.3) is 0 Å². The number of hydrogen-bond acceptors (Lipinski definition) is 5. The molecule has 1 amide bonds. The molecule has 7 nitrogen and oxygen atoms in total. The summed E-state index contributed by atoms with van der Waals surface area (Å²) in [6.07, 6.45) is 1.47. The predicted molar refractivity (Wildman–Crippen MR) is 114 cm³/mol. The molecule has 1 heterocycles. The molecule has 0 aliphatic carbocycles. The molecule has 1 unspecified atom stereocenters. The second-order valence-electron chi connectivity index (χ2n) is 7.02. The first kappa shape index (κ1) is 22.1. The maximum absolute atomic E-state index is 13.2. The molecule has 0 saturated carbocycles. The van der Waals surface area contributed by atoms with Crippen LogP contribution in [0.15, 0.2) is 47.4 Å². The fourth-order valence-electron chi connectivity index (χ4n) is 3.41. The summed E-state index contributed by atoms with van der Waals surface area (Å²) in [5.74, 6) is -0.498. The van der Waals surface area contributed by atoms with Gasteiger partial charge in [-0.15, -0.1) is 0 Å². The second kappa shape index (κ2) is 9.47. The summed E-state index contributed by atoms with van der Waals surface area (Å²) >= 11 is 6.00. The quantitative estimate of drug-likeness (QED) is 0.731. The largest absolute Gasteiger partial charge is 0.495 e. The Kier molecular flexibility index (Phi) is 6.98. The van der Waals surface area contributed by atoms with Gasteiger partial charge in [-0.25, -0.2) is 8.42 Å². The van der Waals surface area contributed by atoms with Crippen molar-refractivity contribution >= 4 is 33.2 Å². The van der Waals surface area contributed by atoms with Crippen LogP contribution >= 0.6 is 11.6 Å². The lowest BCUT2D eigenvalue weighted by atomic mass is 9.98. The second-order valence-corrected chi connectivity index (χ2v) is 9.36. The normalized spacial score (nSPS) is 17.2. The van der Waals surface area contributed by atoms with Crippen molar-refractivity contribution in [3.05, 3.63) is 53.1 Å². The number of methoxy groups -OCH3 is 1. The first-order chi connectivity index (χ1) is 14.3. The van der Waals surface area contributed by atoms with E-state index in [0.717, 1.165) is 5.56 Å². The van der Waals surface area contributed by atoms with Crippen molar-refractivity contribution in [2.45, 2.75) is 24.2 Å². The molecule has 2 aromatic carbocycles. The van der Waals surface area contributed by atoms with Crippen molar-refractivity contribution in [1.82, 2.24) is 4.31 Å². The first-order valence-corrected chi connectivity index (χ1v) is 11.3. The predicted octanol–water partition coefficient (Wildman–Crippen LogP) is 3.45. The van der Waals surface area contributed by atoms with Gasteiger partial charge in [0.25, 0.3) is 0 Å². The van der Waals surface area contributed by atoms with Gasteiger partial charge in [0.2, 0.25) is 15.9 Å². The molecule has 0 spiro atoms. The highest BCUT2D eigenvalue weighted by Crippen LogP contribution is 2.32. The maximum atomic E-state index is 13.2. The summed E-state index contributed by atoms with van der Waals surface area (Å²) in [7, 11) is -2.47. The zero-order chi connectivity index (χ0) is 21.7. The summed E-state index contributed by atoms with van der Waals surface area (Å²) in [6, 6.07) is 13.5. The Hall–Kier alpha value is -2.60. The molecular formula is C21H22ClN3O4S. The number of carbonyl (C=O) groups is 1. The number of piperidine rings is 1. The molecule has 158 valence electrons. The Morgan fingerprint density at radius 2 is 2.03 bits per heavy atom. The van der Waals surface area contributed by atoms with E-state index < -0.39 is 15.9 Å². The third-order valence-corrected chi connectivity index (χ3v) is 7.12. The van der Waals surface area contributed by atoms with Crippen LogP contribution in [0.1, 0.15) is 18.4 Å². The molecular weight excluding hydrogens is 426 g/mol. The number of carbonyl (C=O) groups excluding carboxylic acids is 1. The van der Waals surface area contributed by atoms with Crippen LogP contribution in [0, 0.1) is 17.2 Å². The minimum atomic E-state index is -3.87. The van der Waals surface area contributed by atoms with Crippen LogP contribution in [-0.4, -0.2) is 38.8 Å². The van der Waals surface area contributed by atoms with Crippen molar-refractivity contribution in [1.29, 1.82) is 5.26 Å². The van der Waals surface area contributed by atoms with Crippen molar-refractivity contribution in [3.8, 4) is 11.8 Å². The van der Waals surface area contributed by atoms with Gasteiger partial charge in [0, 0.05) is 23.8 Å². The van der Waals surface area contributed by atoms with E-state index in [1.165, 1.54) is 23.5 Å².